The summed E-state index contributed by atoms with van der Waals surface area (Å²) < 4.78 is 1.66. The Bertz CT molecular complexity index is 1530. The summed E-state index contributed by atoms with van der Waals surface area (Å²) in [4.78, 5) is 22.6. The van der Waals surface area contributed by atoms with E-state index in [1.54, 1.807) is 16.8 Å². The number of para-hydroxylation sites is 1. The topological polar surface area (TPSA) is 85.6 Å². The van der Waals surface area contributed by atoms with Gasteiger partial charge in [0.25, 0.3) is 5.91 Å². The molecule has 0 saturated heterocycles. The fourth-order valence-corrected chi connectivity index (χ4v) is 5.00. The van der Waals surface area contributed by atoms with E-state index in [-0.39, 0.29) is 11.6 Å². The molecule has 0 radical (unpaired) electrons. The molecular formula is C28H23ClN6OS. The second kappa shape index (κ2) is 10.9. The van der Waals surface area contributed by atoms with Gasteiger partial charge in [-0.1, -0.05) is 77.1 Å². The first-order valence-corrected chi connectivity index (χ1v) is 13.0. The van der Waals surface area contributed by atoms with E-state index in [9.17, 15) is 4.79 Å². The predicted molar refractivity (Wildman–Crippen MR) is 147 cm³/mol. The highest BCUT2D eigenvalue weighted by Crippen LogP contribution is 2.29. The molecule has 2 aromatic heterocycles. The maximum absolute atomic E-state index is 13.5. The quantitative estimate of drug-likeness (QED) is 0.191. The summed E-state index contributed by atoms with van der Waals surface area (Å²) in [7, 11) is 0. The van der Waals surface area contributed by atoms with Crippen LogP contribution in [0, 0.1) is 13.8 Å². The zero-order valence-corrected chi connectivity index (χ0v) is 21.8. The van der Waals surface area contributed by atoms with Gasteiger partial charge in [0.15, 0.2) is 10.9 Å². The lowest BCUT2D eigenvalue weighted by Gasteiger charge is -2.12. The first kappa shape index (κ1) is 24.7. The molecule has 3 aromatic carbocycles. The van der Waals surface area contributed by atoms with E-state index < -0.39 is 0 Å². The van der Waals surface area contributed by atoms with Crippen molar-refractivity contribution in [3.05, 3.63) is 113 Å². The second-order valence-corrected chi connectivity index (χ2v) is 9.74. The number of thioether (sulfide) groups is 1. The molecule has 0 spiro atoms. The molecule has 0 fully saturated rings. The number of rotatable bonds is 7. The first-order valence-electron chi connectivity index (χ1n) is 11.6. The van der Waals surface area contributed by atoms with E-state index in [1.165, 1.54) is 11.8 Å². The van der Waals surface area contributed by atoms with Gasteiger partial charge in [0, 0.05) is 33.4 Å². The van der Waals surface area contributed by atoms with Crippen molar-refractivity contribution in [2.45, 2.75) is 24.8 Å². The summed E-state index contributed by atoms with van der Waals surface area (Å²) in [6.07, 6.45) is 0. The van der Waals surface area contributed by atoms with Crippen LogP contribution in [0.15, 0.2) is 90.1 Å². The van der Waals surface area contributed by atoms with Crippen LogP contribution in [0.2, 0.25) is 5.02 Å². The number of amides is 1. The van der Waals surface area contributed by atoms with E-state index in [4.69, 9.17) is 11.6 Å². The number of carbonyl (C=O) groups is 1. The van der Waals surface area contributed by atoms with Crippen LogP contribution in [-0.4, -0.2) is 30.9 Å². The fourth-order valence-electron chi connectivity index (χ4n) is 3.93. The lowest BCUT2D eigenvalue weighted by atomic mass is 10.0. The molecule has 0 aliphatic carbocycles. The van der Waals surface area contributed by atoms with Gasteiger partial charge in [-0.15, -0.1) is 5.10 Å². The van der Waals surface area contributed by atoms with E-state index >= 15 is 0 Å². The number of carbonyl (C=O) groups excluding carboxylic acids is 1. The van der Waals surface area contributed by atoms with E-state index in [2.05, 4.69) is 25.6 Å². The van der Waals surface area contributed by atoms with E-state index in [0.29, 0.717) is 27.3 Å². The maximum Gasteiger partial charge on any atom is 0.278 e. The van der Waals surface area contributed by atoms with Crippen molar-refractivity contribution in [1.29, 1.82) is 0 Å². The van der Waals surface area contributed by atoms with Crippen molar-refractivity contribution in [3.63, 3.8) is 0 Å². The van der Waals surface area contributed by atoms with Crippen molar-refractivity contribution in [3.8, 4) is 16.8 Å². The Labute approximate surface area is 223 Å². The summed E-state index contributed by atoms with van der Waals surface area (Å²) in [6.45, 7) is 3.86. The molecule has 1 amide bonds. The van der Waals surface area contributed by atoms with Crippen LogP contribution >= 0.6 is 23.4 Å². The monoisotopic (exact) mass is 526 g/mol. The predicted octanol–water partition coefficient (Wildman–Crippen LogP) is 6.54. The van der Waals surface area contributed by atoms with Crippen molar-refractivity contribution in [2.75, 3.05) is 5.32 Å². The highest BCUT2D eigenvalue weighted by molar-refractivity contribution is 7.98. The van der Waals surface area contributed by atoms with Crippen molar-refractivity contribution in [1.82, 2.24) is 25.0 Å². The number of nitrogens with one attached hydrogen (secondary N) is 1. The van der Waals surface area contributed by atoms with Crippen LogP contribution in [0.25, 0.3) is 16.8 Å². The number of hydrogen-bond acceptors (Lipinski definition) is 6. The van der Waals surface area contributed by atoms with Crippen LogP contribution in [0.4, 0.5) is 5.69 Å². The number of nitrogens with zero attached hydrogens (tertiary/aromatic N) is 5. The average Bonchev–Trinajstić information content (AvgIpc) is 3.32. The summed E-state index contributed by atoms with van der Waals surface area (Å²) in [5.74, 6) is 0.0438. The van der Waals surface area contributed by atoms with Crippen LogP contribution in [0.3, 0.4) is 0 Å². The van der Waals surface area contributed by atoms with E-state index in [1.807, 2.05) is 86.6 Å². The number of aryl methyl sites for hydroxylation is 2. The second-order valence-electron chi connectivity index (χ2n) is 8.36. The van der Waals surface area contributed by atoms with Crippen LogP contribution < -0.4 is 5.32 Å². The summed E-state index contributed by atoms with van der Waals surface area (Å²) >= 11 is 7.52. The average molecular weight is 527 g/mol. The molecule has 0 aliphatic heterocycles. The normalized spacial score (nSPS) is 10.9. The number of benzene rings is 3. The van der Waals surface area contributed by atoms with Crippen LogP contribution in [0.5, 0.6) is 0 Å². The molecule has 9 heteroatoms. The Morgan fingerprint density at radius 2 is 1.59 bits per heavy atom. The van der Waals surface area contributed by atoms with Crippen molar-refractivity contribution < 1.29 is 4.79 Å². The minimum absolute atomic E-state index is 0.231. The molecule has 5 rings (SSSR count). The Morgan fingerprint density at radius 1 is 0.919 bits per heavy atom. The molecule has 5 aromatic rings. The standard InChI is InChI=1S/C28H23ClN6OS/c1-18-16-19(2)31-28(30-18)37-17-25-26(33-34-35(25)22-14-12-21(29)13-15-22)27(36)32-24-11-7-6-10-23(24)20-8-4-3-5-9-20/h3-16H,17H2,1-2H3,(H,32,36). The number of aromatic nitrogens is 5. The first-order chi connectivity index (χ1) is 18.0. The fraction of sp³-hybridized carbons (Fsp3) is 0.107. The lowest BCUT2D eigenvalue weighted by Crippen LogP contribution is -2.16. The van der Waals surface area contributed by atoms with Crippen LogP contribution in [-0.2, 0) is 5.75 Å². The number of anilines is 1. The van der Waals surface area contributed by atoms with Crippen molar-refractivity contribution in [2.24, 2.45) is 0 Å². The molecule has 0 bridgehead atoms. The van der Waals surface area contributed by atoms with E-state index in [0.717, 1.165) is 28.2 Å². The molecule has 0 unspecified atom stereocenters. The summed E-state index contributed by atoms with van der Waals surface area (Å²) in [5.41, 5.74) is 5.99. The summed E-state index contributed by atoms with van der Waals surface area (Å²) in [5, 5.41) is 12.9. The van der Waals surface area contributed by atoms with Gasteiger partial charge in [-0.2, -0.15) is 0 Å². The zero-order valence-electron chi connectivity index (χ0n) is 20.2. The molecule has 7 nitrogen and oxygen atoms in total. The third kappa shape index (κ3) is 5.71. The number of halogens is 1. The van der Waals surface area contributed by atoms with Gasteiger partial charge < -0.3 is 5.32 Å². The third-order valence-electron chi connectivity index (χ3n) is 5.61. The maximum atomic E-state index is 13.5. The Balaban J connectivity index is 1.49. The third-order valence-corrected chi connectivity index (χ3v) is 6.72. The van der Waals surface area contributed by atoms with Crippen LogP contribution in [0.1, 0.15) is 27.6 Å². The highest BCUT2D eigenvalue weighted by atomic mass is 35.5. The lowest BCUT2D eigenvalue weighted by molar-refractivity contribution is 0.102. The van der Waals surface area contributed by atoms with Crippen molar-refractivity contribution >= 4 is 35.0 Å². The Hall–Kier alpha value is -4.01. The summed E-state index contributed by atoms with van der Waals surface area (Å²) in [6, 6.07) is 26.8. The van der Waals surface area contributed by atoms with Gasteiger partial charge >= 0.3 is 0 Å². The number of hydrogen-bond donors (Lipinski definition) is 1. The molecule has 0 saturated carbocycles. The molecule has 184 valence electrons. The minimum Gasteiger partial charge on any atom is -0.320 e. The minimum atomic E-state index is -0.347. The molecule has 0 aliphatic rings. The van der Waals surface area contributed by atoms with Gasteiger partial charge in [-0.05, 0) is 55.8 Å². The molecule has 0 atom stereocenters. The van der Waals surface area contributed by atoms with Gasteiger partial charge in [0.05, 0.1) is 11.4 Å². The Kier molecular flexibility index (Phi) is 7.30. The van der Waals surface area contributed by atoms with Gasteiger partial charge in [0.1, 0.15) is 0 Å². The largest absolute Gasteiger partial charge is 0.320 e. The van der Waals surface area contributed by atoms with Gasteiger partial charge in [-0.3, -0.25) is 4.79 Å². The zero-order chi connectivity index (χ0) is 25.8. The highest BCUT2D eigenvalue weighted by Gasteiger charge is 2.22. The molecular weight excluding hydrogens is 504 g/mol. The van der Waals surface area contributed by atoms with Gasteiger partial charge in [-0.25, -0.2) is 14.6 Å². The smallest absolute Gasteiger partial charge is 0.278 e. The SMILES string of the molecule is Cc1cc(C)nc(SCc2c(C(=O)Nc3ccccc3-c3ccccc3)nnn2-c2ccc(Cl)cc2)n1. The molecule has 2 heterocycles. The van der Waals surface area contributed by atoms with Gasteiger partial charge in [0.2, 0.25) is 0 Å². The molecule has 1 N–H and O–H groups in total. The molecule has 37 heavy (non-hydrogen) atoms. The Morgan fingerprint density at radius 3 is 2.32 bits per heavy atom.